The number of hydrazine groups is 1. The zero-order valence-electron chi connectivity index (χ0n) is 14.8. The predicted octanol–water partition coefficient (Wildman–Crippen LogP) is 1.03. The average Bonchev–Trinajstić information content (AvgIpc) is 2.71. The van der Waals surface area contributed by atoms with Gasteiger partial charge in [0.25, 0.3) is 11.8 Å². The van der Waals surface area contributed by atoms with Gasteiger partial charge in [-0.1, -0.05) is 36.4 Å². The Morgan fingerprint density at radius 1 is 1.00 bits per heavy atom. The lowest BCUT2D eigenvalue weighted by Crippen LogP contribution is -2.52. The summed E-state index contributed by atoms with van der Waals surface area (Å²) in [6.07, 6.45) is 0.115. The van der Waals surface area contributed by atoms with Crippen LogP contribution in [0, 0.1) is 0 Å². The Morgan fingerprint density at radius 3 is 2.59 bits per heavy atom. The molecule has 2 N–H and O–H groups in total. The minimum Gasteiger partial charge on any atom is -0.485 e. The van der Waals surface area contributed by atoms with Crippen LogP contribution < -0.4 is 20.3 Å². The molecule has 2 aromatic carbocycles. The number of benzene rings is 2. The molecule has 0 bridgehead atoms. The van der Waals surface area contributed by atoms with Gasteiger partial charge in [-0.15, -0.1) is 0 Å². The molecule has 0 aliphatic carbocycles. The van der Waals surface area contributed by atoms with E-state index in [0.29, 0.717) is 11.5 Å². The molecule has 0 spiro atoms. The third-order valence-corrected chi connectivity index (χ3v) is 4.70. The van der Waals surface area contributed by atoms with Gasteiger partial charge < -0.3 is 9.47 Å². The molecular formula is C20H21N3O4. The van der Waals surface area contributed by atoms with Crippen LogP contribution in [0.25, 0.3) is 0 Å². The van der Waals surface area contributed by atoms with Gasteiger partial charge >= 0.3 is 0 Å². The highest BCUT2D eigenvalue weighted by Gasteiger charge is 2.27. The van der Waals surface area contributed by atoms with E-state index in [4.69, 9.17) is 9.47 Å². The fourth-order valence-electron chi connectivity index (χ4n) is 3.29. The molecule has 1 unspecified atom stereocenters. The molecule has 0 radical (unpaired) electrons. The lowest BCUT2D eigenvalue weighted by atomic mass is 10.00. The smallest absolute Gasteiger partial charge is 0.283 e. The van der Waals surface area contributed by atoms with Gasteiger partial charge in [0.15, 0.2) is 11.5 Å². The molecular weight excluding hydrogens is 346 g/mol. The molecule has 0 saturated carbocycles. The number of rotatable bonds is 3. The number of fused-ring (bicyclic) bond motifs is 2. The van der Waals surface area contributed by atoms with Crippen molar-refractivity contribution in [2.24, 2.45) is 0 Å². The molecule has 2 heterocycles. The fraction of sp³-hybridized carbons (Fsp3) is 0.300. The first-order valence-corrected chi connectivity index (χ1v) is 8.95. The lowest BCUT2D eigenvalue weighted by molar-refractivity contribution is -0.135. The Labute approximate surface area is 157 Å². The first-order valence-electron chi connectivity index (χ1n) is 8.95. The molecule has 140 valence electrons. The quantitative estimate of drug-likeness (QED) is 0.793. The second kappa shape index (κ2) is 7.67. The second-order valence-corrected chi connectivity index (χ2v) is 6.63. The zero-order valence-corrected chi connectivity index (χ0v) is 14.8. The van der Waals surface area contributed by atoms with Crippen molar-refractivity contribution in [3.8, 4) is 11.5 Å². The first kappa shape index (κ1) is 17.4. The lowest BCUT2D eigenvalue weighted by Gasteiger charge is -2.28. The number of hydrogen-bond acceptors (Lipinski definition) is 5. The number of hydrogen-bond donors (Lipinski definition) is 2. The molecule has 4 rings (SSSR count). The van der Waals surface area contributed by atoms with Gasteiger partial charge in [0.05, 0.1) is 6.54 Å². The van der Waals surface area contributed by atoms with Crippen molar-refractivity contribution < 1.29 is 19.1 Å². The van der Waals surface area contributed by atoms with E-state index in [1.54, 1.807) is 18.2 Å². The van der Waals surface area contributed by atoms with Gasteiger partial charge in [-0.25, -0.2) is 0 Å². The maximum Gasteiger partial charge on any atom is 0.283 e. The average molecular weight is 367 g/mol. The van der Waals surface area contributed by atoms with Crippen molar-refractivity contribution in [2.45, 2.75) is 19.1 Å². The monoisotopic (exact) mass is 367 g/mol. The first-order chi connectivity index (χ1) is 13.2. The van der Waals surface area contributed by atoms with Crippen molar-refractivity contribution >= 4 is 11.8 Å². The number of para-hydroxylation sites is 2. The van der Waals surface area contributed by atoms with E-state index < -0.39 is 12.0 Å². The number of amides is 2. The summed E-state index contributed by atoms with van der Waals surface area (Å²) in [7, 11) is 0. The normalized spacial score (nSPS) is 18.3. The van der Waals surface area contributed by atoms with Crippen LogP contribution in [0.3, 0.4) is 0 Å². The summed E-state index contributed by atoms with van der Waals surface area (Å²) in [5.74, 6) is 0.417. The molecule has 7 heteroatoms. The van der Waals surface area contributed by atoms with Gasteiger partial charge in [0.1, 0.15) is 6.61 Å². The van der Waals surface area contributed by atoms with Crippen LogP contribution >= 0.6 is 0 Å². The highest BCUT2D eigenvalue weighted by molar-refractivity contribution is 5.85. The largest absolute Gasteiger partial charge is 0.485 e. The number of carbonyl (C=O) groups excluding carboxylic acids is 2. The third-order valence-electron chi connectivity index (χ3n) is 4.70. The van der Waals surface area contributed by atoms with Crippen LogP contribution in [0.5, 0.6) is 11.5 Å². The highest BCUT2D eigenvalue weighted by atomic mass is 16.6. The van der Waals surface area contributed by atoms with Crippen molar-refractivity contribution in [3.63, 3.8) is 0 Å². The molecule has 2 aromatic rings. The van der Waals surface area contributed by atoms with Gasteiger partial charge in [0.2, 0.25) is 6.10 Å². The minimum absolute atomic E-state index is 0.0988. The van der Waals surface area contributed by atoms with E-state index in [9.17, 15) is 9.59 Å². The van der Waals surface area contributed by atoms with Gasteiger partial charge in [-0.2, -0.15) is 0 Å². The van der Waals surface area contributed by atoms with E-state index in [1.807, 2.05) is 18.2 Å². The maximum absolute atomic E-state index is 12.2. The van der Waals surface area contributed by atoms with Crippen LogP contribution in [-0.4, -0.2) is 42.5 Å². The van der Waals surface area contributed by atoms with E-state index in [2.05, 4.69) is 27.9 Å². The topological polar surface area (TPSA) is 79.9 Å². The summed E-state index contributed by atoms with van der Waals surface area (Å²) in [5, 5.41) is 0. The van der Waals surface area contributed by atoms with Crippen molar-refractivity contribution in [3.05, 3.63) is 59.7 Å². The molecule has 2 aliphatic rings. The van der Waals surface area contributed by atoms with E-state index >= 15 is 0 Å². The van der Waals surface area contributed by atoms with Gasteiger partial charge in [-0.05, 0) is 29.7 Å². The van der Waals surface area contributed by atoms with Crippen LogP contribution in [0.1, 0.15) is 11.1 Å². The Hall–Kier alpha value is -3.06. The SMILES string of the molecule is O=C(CN1CCc2ccccc2C1)NNC(=O)C1COc2ccccc2O1. The molecule has 27 heavy (non-hydrogen) atoms. The summed E-state index contributed by atoms with van der Waals surface area (Å²) < 4.78 is 11.1. The molecule has 2 aliphatic heterocycles. The summed E-state index contributed by atoms with van der Waals surface area (Å²) >= 11 is 0. The Bertz CT molecular complexity index is 855. The number of nitrogens with zero attached hydrogens (tertiary/aromatic N) is 1. The molecule has 0 saturated heterocycles. The Morgan fingerprint density at radius 2 is 1.74 bits per heavy atom. The summed E-state index contributed by atoms with van der Waals surface area (Å²) in [4.78, 5) is 26.4. The number of carbonyl (C=O) groups is 2. The maximum atomic E-state index is 12.2. The third kappa shape index (κ3) is 4.03. The van der Waals surface area contributed by atoms with Crippen LogP contribution in [0.2, 0.25) is 0 Å². The van der Waals surface area contributed by atoms with Crippen molar-refractivity contribution in [1.29, 1.82) is 0 Å². The summed E-state index contributed by atoms with van der Waals surface area (Å²) in [6.45, 7) is 1.86. The van der Waals surface area contributed by atoms with Crippen LogP contribution in [-0.2, 0) is 22.6 Å². The van der Waals surface area contributed by atoms with Gasteiger partial charge in [-0.3, -0.25) is 25.3 Å². The Kier molecular flexibility index (Phi) is 4.93. The second-order valence-electron chi connectivity index (χ2n) is 6.63. The van der Waals surface area contributed by atoms with E-state index in [-0.39, 0.29) is 19.1 Å². The fourth-order valence-corrected chi connectivity index (χ4v) is 3.29. The molecule has 1 atom stereocenters. The molecule has 0 aromatic heterocycles. The minimum atomic E-state index is -0.804. The van der Waals surface area contributed by atoms with Crippen LogP contribution in [0.4, 0.5) is 0 Å². The van der Waals surface area contributed by atoms with Gasteiger partial charge in [0, 0.05) is 13.1 Å². The number of nitrogens with one attached hydrogen (secondary N) is 2. The van der Waals surface area contributed by atoms with E-state index in [0.717, 1.165) is 19.5 Å². The van der Waals surface area contributed by atoms with Crippen LogP contribution in [0.15, 0.2) is 48.5 Å². The molecule has 2 amide bonds. The van der Waals surface area contributed by atoms with Crippen molar-refractivity contribution in [1.82, 2.24) is 15.8 Å². The summed E-state index contributed by atoms with van der Waals surface area (Å²) in [5.41, 5.74) is 7.45. The highest BCUT2D eigenvalue weighted by Crippen LogP contribution is 2.30. The predicted molar refractivity (Wildman–Crippen MR) is 98.1 cm³/mol. The molecule has 7 nitrogen and oxygen atoms in total. The molecule has 0 fully saturated rings. The summed E-state index contributed by atoms with van der Waals surface area (Å²) in [6, 6.07) is 15.4. The number of ether oxygens (including phenoxy) is 2. The Balaban J connectivity index is 1.25. The van der Waals surface area contributed by atoms with Crippen molar-refractivity contribution in [2.75, 3.05) is 19.7 Å². The van der Waals surface area contributed by atoms with E-state index in [1.165, 1.54) is 11.1 Å². The zero-order chi connectivity index (χ0) is 18.6. The standard InChI is InChI=1S/C20H21N3O4/c24-19(12-23-10-9-14-5-1-2-6-15(14)11-23)21-22-20(25)18-13-26-16-7-3-4-8-17(16)27-18/h1-8,18H,9-13H2,(H,21,24)(H,22,25).